The second-order valence-electron chi connectivity index (χ2n) is 15.5. The molecule has 0 saturated heterocycles. The number of carbonyl (C=O) groups excluding carboxylic acids is 2. The lowest BCUT2D eigenvalue weighted by Crippen LogP contribution is -2.58. The maximum atomic E-state index is 12.3. The van der Waals surface area contributed by atoms with Crippen LogP contribution in [0.4, 0.5) is 0 Å². The molecule has 13 heteroatoms. The van der Waals surface area contributed by atoms with E-state index in [0.717, 1.165) is 24.9 Å². The Balaban J connectivity index is 2.06. The summed E-state index contributed by atoms with van der Waals surface area (Å²) in [5.74, 6) is 0.654. The normalized spacial score (nSPS) is 15.4. The van der Waals surface area contributed by atoms with Crippen LogP contribution >= 0.6 is 0 Å². The number of rotatable bonds is 20. The zero-order valence-electron chi connectivity index (χ0n) is 30.6. The van der Waals surface area contributed by atoms with Gasteiger partial charge in [-0.05, 0) is 154 Å². The molecule has 0 spiro atoms. The number of aliphatic hydroxyl groups is 2. The van der Waals surface area contributed by atoms with E-state index in [1.54, 1.807) is 48.5 Å². The first-order valence-electron chi connectivity index (χ1n) is 16.4. The van der Waals surface area contributed by atoms with Crippen molar-refractivity contribution in [3.05, 3.63) is 59.7 Å². The van der Waals surface area contributed by atoms with Crippen molar-refractivity contribution in [1.29, 1.82) is 0 Å². The highest BCUT2D eigenvalue weighted by Gasteiger charge is 2.46. The molecule has 2 aromatic rings. The molecule has 0 fully saturated rings. The van der Waals surface area contributed by atoms with Crippen LogP contribution in [0.5, 0.6) is 11.5 Å². The van der Waals surface area contributed by atoms with E-state index in [1.165, 1.54) is 27.7 Å². The van der Waals surface area contributed by atoms with Crippen LogP contribution in [-0.2, 0) is 12.3 Å². The molecule has 0 amide bonds. The predicted octanol–water partition coefficient (Wildman–Crippen LogP) is 7.70. The van der Waals surface area contributed by atoms with Gasteiger partial charge in [-0.2, -0.15) is 0 Å². The summed E-state index contributed by atoms with van der Waals surface area (Å²) in [6.07, 6.45) is 1.48. The predicted molar refractivity (Wildman–Crippen MR) is 197 cm³/mol. The summed E-state index contributed by atoms with van der Waals surface area (Å²) in [6.45, 7) is 24.2. The highest BCUT2D eigenvalue weighted by atomic mass is 28.5. The monoisotopic (exact) mass is 722 g/mol. The van der Waals surface area contributed by atoms with E-state index in [-0.39, 0.29) is 11.6 Å². The fourth-order valence-corrected chi connectivity index (χ4v) is 23.6. The van der Waals surface area contributed by atoms with Gasteiger partial charge in [-0.25, -0.2) is 0 Å². The molecule has 0 saturated carbocycles. The van der Waals surface area contributed by atoms with E-state index in [0.29, 0.717) is 35.8 Å². The van der Waals surface area contributed by atoms with Crippen LogP contribution in [-0.4, -0.2) is 80.0 Å². The average Bonchev–Trinajstić information content (AvgIpc) is 2.90. The summed E-state index contributed by atoms with van der Waals surface area (Å²) in [4.78, 5) is 24.7. The summed E-state index contributed by atoms with van der Waals surface area (Å²) < 4.78 is 32.8. The smallest absolute Gasteiger partial charge is 0.316 e. The summed E-state index contributed by atoms with van der Waals surface area (Å²) in [5, 5.41) is 20.0. The molecule has 0 aliphatic carbocycles. The summed E-state index contributed by atoms with van der Waals surface area (Å²) in [5.41, 5.74) is -1.97. The van der Waals surface area contributed by atoms with E-state index >= 15 is 0 Å². The molecule has 2 rings (SSSR count). The zero-order chi connectivity index (χ0) is 35.9. The molecule has 2 atom stereocenters. The minimum absolute atomic E-state index is 0.333. The molecule has 2 unspecified atom stereocenters. The first kappa shape index (κ1) is 41.2. The van der Waals surface area contributed by atoms with Gasteiger partial charge in [0.1, 0.15) is 22.7 Å². The summed E-state index contributed by atoms with van der Waals surface area (Å²) >= 11 is 0. The number of benzene rings is 2. The van der Waals surface area contributed by atoms with E-state index < -0.39 is 45.0 Å². The lowest BCUT2D eigenvalue weighted by atomic mass is 9.97. The lowest BCUT2D eigenvalue weighted by Gasteiger charge is -2.43. The molecule has 47 heavy (non-hydrogen) atoms. The number of ether oxygens (including phenoxy) is 2. The van der Waals surface area contributed by atoms with Crippen molar-refractivity contribution < 1.29 is 41.6 Å². The van der Waals surface area contributed by atoms with Gasteiger partial charge in [-0.3, -0.25) is 9.59 Å². The van der Waals surface area contributed by atoms with Crippen LogP contribution in [0.3, 0.4) is 0 Å². The van der Waals surface area contributed by atoms with Crippen molar-refractivity contribution in [2.24, 2.45) is 0 Å². The van der Waals surface area contributed by atoms with Gasteiger partial charge in [-0.1, -0.05) is 0 Å². The zero-order valence-corrected chi connectivity index (χ0v) is 34.6. The highest BCUT2D eigenvalue weighted by molar-refractivity contribution is 6.89. The third-order valence-electron chi connectivity index (χ3n) is 6.91. The Kier molecular flexibility index (Phi) is 14.2. The molecular formula is C34H58O9Si4. The molecular weight excluding hydrogens is 665 g/mol. The molecule has 0 aliphatic rings. The van der Waals surface area contributed by atoms with Crippen LogP contribution in [0, 0.1) is 0 Å². The fourth-order valence-electron chi connectivity index (χ4n) is 5.28. The van der Waals surface area contributed by atoms with Gasteiger partial charge in [0, 0.05) is 11.1 Å². The maximum Gasteiger partial charge on any atom is 0.316 e. The highest BCUT2D eigenvalue weighted by Crippen LogP contribution is 2.31. The second-order valence-corrected chi connectivity index (χ2v) is 32.0. The third kappa shape index (κ3) is 15.0. The second kappa shape index (κ2) is 16.2. The number of hydrogen-bond donors (Lipinski definition) is 2. The van der Waals surface area contributed by atoms with E-state index in [4.69, 9.17) is 21.8 Å². The van der Waals surface area contributed by atoms with Crippen molar-refractivity contribution in [1.82, 2.24) is 0 Å². The number of Topliss-reactive ketones (excluding diaryl/α,β-unsaturated/α-hetero) is 2. The van der Waals surface area contributed by atoms with Crippen molar-refractivity contribution >= 4 is 45.3 Å². The van der Waals surface area contributed by atoms with Crippen LogP contribution in [0.15, 0.2) is 48.5 Å². The molecule has 0 bridgehead atoms. The van der Waals surface area contributed by atoms with Gasteiger partial charge in [0.15, 0.2) is 28.2 Å². The Labute approximate surface area is 286 Å². The number of hydrogen-bond acceptors (Lipinski definition) is 9. The average molecular weight is 723 g/mol. The van der Waals surface area contributed by atoms with Gasteiger partial charge >= 0.3 is 17.1 Å². The van der Waals surface area contributed by atoms with Gasteiger partial charge in [0.05, 0.1) is 13.2 Å². The number of carbonyl (C=O) groups is 2. The third-order valence-corrected chi connectivity index (χ3v) is 21.2. The molecule has 0 aliphatic heterocycles. The first-order valence-corrected chi connectivity index (χ1v) is 28.3. The molecule has 0 heterocycles. The number of ketones is 2. The van der Waals surface area contributed by atoms with Crippen LogP contribution in [0.2, 0.25) is 64.5 Å². The lowest BCUT2D eigenvalue weighted by molar-refractivity contribution is 0.0487. The van der Waals surface area contributed by atoms with Crippen molar-refractivity contribution in [2.45, 2.75) is 116 Å². The van der Waals surface area contributed by atoms with Gasteiger partial charge in [0.25, 0.3) is 0 Å². The van der Waals surface area contributed by atoms with E-state index in [1.807, 2.05) is 0 Å². The minimum Gasteiger partial charge on any atom is -0.494 e. The fraction of sp³-hybridized carbons (Fsp3) is 0.588. The summed E-state index contributed by atoms with van der Waals surface area (Å²) in [7, 11) is -9.28. The standard InChI is InChI=1S/C34H58O9Si4/c1-33(2,37)31(35)27-15-19-29(20-16-27)39-23-13-25-46(11,41-44(5,6)7)43-47(12,42-45(8,9)10)26-14-24-40-30-21-17-28(18-22-30)32(36)34(3,4)38/h15-22,37-38H,13-14,23-26H2,1-12H3. The molecule has 2 aromatic carbocycles. The van der Waals surface area contributed by atoms with E-state index in [9.17, 15) is 19.8 Å². The Morgan fingerprint density at radius 2 is 0.851 bits per heavy atom. The van der Waals surface area contributed by atoms with Crippen molar-refractivity contribution in [3.8, 4) is 11.5 Å². The summed E-state index contributed by atoms with van der Waals surface area (Å²) in [6, 6.07) is 15.2. The topological polar surface area (TPSA) is 121 Å². The van der Waals surface area contributed by atoms with Gasteiger partial charge in [0.2, 0.25) is 0 Å². The molecule has 0 aromatic heterocycles. The first-order chi connectivity index (χ1) is 21.3. The Bertz CT molecular complexity index is 1210. The molecule has 0 radical (unpaired) electrons. The van der Waals surface area contributed by atoms with Gasteiger partial charge in [-0.15, -0.1) is 0 Å². The van der Waals surface area contributed by atoms with E-state index in [2.05, 4.69) is 52.4 Å². The SMILES string of the molecule is CC(C)(O)C(=O)c1ccc(OCCC[Si](C)(O[Si](C)(C)C)O[Si](C)(CCCOc2ccc(C(=O)C(C)(C)O)cc2)O[Si](C)(C)C)cc1. The van der Waals surface area contributed by atoms with Crippen LogP contribution < -0.4 is 9.47 Å². The van der Waals surface area contributed by atoms with Crippen LogP contribution in [0.1, 0.15) is 61.3 Å². The van der Waals surface area contributed by atoms with Crippen molar-refractivity contribution in [3.63, 3.8) is 0 Å². The quantitative estimate of drug-likeness (QED) is 0.0805. The largest absolute Gasteiger partial charge is 0.494 e. The Morgan fingerprint density at radius 1 is 0.553 bits per heavy atom. The molecule has 9 nitrogen and oxygen atoms in total. The van der Waals surface area contributed by atoms with Crippen molar-refractivity contribution in [2.75, 3.05) is 13.2 Å². The Morgan fingerprint density at radius 3 is 1.11 bits per heavy atom. The van der Waals surface area contributed by atoms with Crippen LogP contribution in [0.25, 0.3) is 0 Å². The molecule has 2 N–H and O–H groups in total. The van der Waals surface area contributed by atoms with Gasteiger partial charge < -0.3 is 32.0 Å². The minimum atomic E-state index is -2.68. The molecule has 264 valence electrons. The maximum absolute atomic E-state index is 12.3. The Hall–Kier alpha value is -1.95.